The summed E-state index contributed by atoms with van der Waals surface area (Å²) < 4.78 is 5.28. The maximum absolute atomic E-state index is 12.0. The lowest BCUT2D eigenvalue weighted by Gasteiger charge is -2.32. The third kappa shape index (κ3) is 3.85. The van der Waals surface area contributed by atoms with Crippen molar-refractivity contribution in [1.29, 1.82) is 0 Å². The Labute approximate surface area is 117 Å². The topological polar surface area (TPSA) is 49.8 Å². The predicted octanol–water partition coefficient (Wildman–Crippen LogP) is 3.07. The maximum Gasteiger partial charge on any atom is 0.415 e. The highest BCUT2D eigenvalue weighted by Gasteiger charge is 2.26. The number of amides is 1. The molecule has 2 rings (SSSR count). The number of rotatable bonds is 2. The van der Waals surface area contributed by atoms with Gasteiger partial charge in [0.25, 0.3) is 0 Å². The molecule has 0 radical (unpaired) electrons. The van der Waals surface area contributed by atoms with Gasteiger partial charge in [-0.2, -0.15) is 0 Å². The lowest BCUT2D eigenvalue weighted by Crippen LogP contribution is -2.41. The van der Waals surface area contributed by atoms with E-state index in [2.05, 4.69) is 0 Å². The van der Waals surface area contributed by atoms with Crippen LogP contribution >= 0.6 is 11.6 Å². The van der Waals surface area contributed by atoms with Crippen LogP contribution in [0.5, 0.6) is 5.75 Å². The summed E-state index contributed by atoms with van der Waals surface area (Å²) in [6, 6.07) is 6.84. The van der Waals surface area contributed by atoms with Crippen molar-refractivity contribution in [1.82, 2.24) is 4.90 Å². The fourth-order valence-electron chi connectivity index (χ4n) is 2.27. The molecule has 0 saturated heterocycles. The summed E-state index contributed by atoms with van der Waals surface area (Å²) in [4.78, 5) is 13.6. The number of aliphatic hydroxyl groups excluding tert-OH is 1. The van der Waals surface area contributed by atoms with Crippen LogP contribution in [0.15, 0.2) is 24.3 Å². The Morgan fingerprint density at radius 3 is 2.42 bits per heavy atom. The first-order valence-electron chi connectivity index (χ1n) is 6.44. The largest absolute Gasteiger partial charge is 0.415 e. The van der Waals surface area contributed by atoms with Crippen molar-refractivity contribution in [3.63, 3.8) is 0 Å². The van der Waals surface area contributed by atoms with E-state index in [1.807, 2.05) is 0 Å². The molecule has 1 fully saturated rings. The van der Waals surface area contributed by atoms with Crippen LogP contribution in [0, 0.1) is 0 Å². The number of carbonyl (C=O) groups is 1. The summed E-state index contributed by atoms with van der Waals surface area (Å²) in [5.74, 6) is 0.483. The van der Waals surface area contributed by atoms with Gasteiger partial charge in [0, 0.05) is 18.1 Å². The molecule has 0 aromatic heterocycles. The van der Waals surface area contributed by atoms with Crippen LogP contribution < -0.4 is 4.74 Å². The second-order valence-corrected chi connectivity index (χ2v) is 5.33. The Balaban J connectivity index is 1.90. The second-order valence-electron chi connectivity index (χ2n) is 4.90. The molecule has 0 atom stereocenters. The molecule has 0 bridgehead atoms. The quantitative estimate of drug-likeness (QED) is 0.907. The molecule has 0 heterocycles. The first-order chi connectivity index (χ1) is 9.06. The van der Waals surface area contributed by atoms with E-state index in [1.165, 1.54) is 0 Å². The van der Waals surface area contributed by atoms with Crippen LogP contribution in [0.25, 0.3) is 0 Å². The van der Waals surface area contributed by atoms with Crippen molar-refractivity contribution in [3.8, 4) is 5.75 Å². The molecule has 1 aliphatic rings. The van der Waals surface area contributed by atoms with Gasteiger partial charge >= 0.3 is 6.09 Å². The van der Waals surface area contributed by atoms with Gasteiger partial charge in [-0.15, -0.1) is 0 Å². The summed E-state index contributed by atoms with van der Waals surface area (Å²) >= 11 is 5.77. The molecule has 4 nitrogen and oxygen atoms in total. The van der Waals surface area contributed by atoms with Crippen molar-refractivity contribution in [2.24, 2.45) is 0 Å². The summed E-state index contributed by atoms with van der Waals surface area (Å²) in [6.45, 7) is 0. The molecule has 1 N–H and O–H groups in total. The van der Waals surface area contributed by atoms with E-state index in [9.17, 15) is 9.90 Å². The number of hydrogen-bond acceptors (Lipinski definition) is 3. The third-order valence-electron chi connectivity index (χ3n) is 3.52. The molecule has 5 heteroatoms. The van der Waals surface area contributed by atoms with Crippen LogP contribution in [0.2, 0.25) is 5.02 Å². The first kappa shape index (κ1) is 14.2. The number of aliphatic hydroxyl groups is 1. The lowest BCUT2D eigenvalue weighted by atomic mass is 9.92. The Bertz CT molecular complexity index is 427. The average molecular weight is 284 g/mol. The highest BCUT2D eigenvalue weighted by Crippen LogP contribution is 2.23. The molecule has 1 aromatic rings. The molecular weight excluding hydrogens is 266 g/mol. The van der Waals surface area contributed by atoms with Crippen molar-refractivity contribution in [2.45, 2.75) is 37.8 Å². The van der Waals surface area contributed by atoms with Crippen molar-refractivity contribution in [3.05, 3.63) is 29.3 Å². The van der Waals surface area contributed by atoms with Gasteiger partial charge in [-0.3, -0.25) is 0 Å². The Hall–Kier alpha value is -1.26. The number of nitrogens with zero attached hydrogens (tertiary/aromatic N) is 1. The van der Waals surface area contributed by atoms with E-state index < -0.39 is 0 Å². The fraction of sp³-hybridized carbons (Fsp3) is 0.500. The molecule has 19 heavy (non-hydrogen) atoms. The van der Waals surface area contributed by atoms with Crippen LogP contribution in [-0.2, 0) is 0 Å². The highest BCUT2D eigenvalue weighted by atomic mass is 35.5. The monoisotopic (exact) mass is 283 g/mol. The number of carbonyl (C=O) groups excluding carboxylic acids is 1. The summed E-state index contributed by atoms with van der Waals surface area (Å²) in [6.07, 6.45) is 2.51. The van der Waals surface area contributed by atoms with Gasteiger partial charge in [0.1, 0.15) is 5.75 Å². The zero-order valence-corrected chi connectivity index (χ0v) is 11.6. The molecular formula is C14H18ClNO3. The van der Waals surface area contributed by atoms with Crippen molar-refractivity contribution < 1.29 is 14.6 Å². The molecule has 0 unspecified atom stereocenters. The lowest BCUT2D eigenvalue weighted by molar-refractivity contribution is 0.0811. The summed E-state index contributed by atoms with van der Waals surface area (Å²) in [5, 5.41) is 10.1. The molecule has 1 saturated carbocycles. The van der Waals surface area contributed by atoms with Crippen LogP contribution in [-0.4, -0.2) is 35.3 Å². The van der Waals surface area contributed by atoms with E-state index >= 15 is 0 Å². The Morgan fingerprint density at radius 2 is 1.84 bits per heavy atom. The van der Waals surface area contributed by atoms with E-state index in [0.717, 1.165) is 25.7 Å². The molecule has 0 spiro atoms. The minimum atomic E-state index is -0.372. The standard InChI is InChI=1S/C14H18ClNO3/c1-16(11-4-6-12(17)7-5-11)14(18)19-13-8-2-10(15)3-9-13/h2-3,8-9,11-12,17H,4-7H2,1H3. The van der Waals surface area contributed by atoms with Crippen molar-refractivity contribution in [2.75, 3.05) is 7.05 Å². The Kier molecular flexibility index (Phi) is 4.66. The van der Waals surface area contributed by atoms with Gasteiger partial charge in [0.05, 0.1) is 6.10 Å². The molecule has 104 valence electrons. The minimum absolute atomic E-state index is 0.142. The van der Waals surface area contributed by atoms with Crippen molar-refractivity contribution >= 4 is 17.7 Å². The molecule has 0 aliphatic heterocycles. The van der Waals surface area contributed by atoms with Crippen LogP contribution in [0.1, 0.15) is 25.7 Å². The van der Waals surface area contributed by atoms with Crippen LogP contribution in [0.3, 0.4) is 0 Å². The normalized spacial score (nSPS) is 22.9. The minimum Gasteiger partial charge on any atom is -0.410 e. The van der Waals surface area contributed by atoms with Gasteiger partial charge in [-0.1, -0.05) is 11.6 Å². The first-order valence-corrected chi connectivity index (χ1v) is 6.82. The van der Waals surface area contributed by atoms with Crippen LogP contribution in [0.4, 0.5) is 4.79 Å². The summed E-state index contributed by atoms with van der Waals surface area (Å²) in [5.41, 5.74) is 0. The maximum atomic E-state index is 12.0. The zero-order chi connectivity index (χ0) is 13.8. The van der Waals surface area contributed by atoms with Gasteiger partial charge < -0.3 is 14.7 Å². The number of hydrogen-bond donors (Lipinski definition) is 1. The van der Waals surface area contributed by atoms with Gasteiger partial charge in [-0.25, -0.2) is 4.79 Å². The van der Waals surface area contributed by atoms with Gasteiger partial charge in [-0.05, 0) is 49.9 Å². The second kappa shape index (κ2) is 6.26. The molecule has 1 aromatic carbocycles. The fourth-order valence-corrected chi connectivity index (χ4v) is 2.40. The average Bonchev–Trinajstić information content (AvgIpc) is 2.41. The van der Waals surface area contributed by atoms with E-state index in [1.54, 1.807) is 36.2 Å². The van der Waals surface area contributed by atoms with Gasteiger partial charge in [0.2, 0.25) is 0 Å². The third-order valence-corrected chi connectivity index (χ3v) is 3.77. The Morgan fingerprint density at radius 1 is 1.26 bits per heavy atom. The SMILES string of the molecule is CN(C(=O)Oc1ccc(Cl)cc1)C1CCC(O)CC1. The highest BCUT2D eigenvalue weighted by molar-refractivity contribution is 6.30. The number of benzene rings is 1. The van der Waals surface area contributed by atoms with E-state index in [-0.39, 0.29) is 18.2 Å². The predicted molar refractivity (Wildman–Crippen MR) is 73.5 cm³/mol. The molecule has 1 amide bonds. The summed E-state index contributed by atoms with van der Waals surface area (Å²) in [7, 11) is 1.74. The number of ether oxygens (including phenoxy) is 1. The van der Waals surface area contributed by atoms with E-state index in [4.69, 9.17) is 16.3 Å². The number of halogens is 1. The van der Waals surface area contributed by atoms with E-state index in [0.29, 0.717) is 10.8 Å². The zero-order valence-electron chi connectivity index (χ0n) is 10.9. The smallest absolute Gasteiger partial charge is 0.410 e. The molecule has 1 aliphatic carbocycles. The van der Waals surface area contributed by atoms with Gasteiger partial charge in [0.15, 0.2) is 0 Å².